The molecule has 1 saturated heterocycles. The lowest BCUT2D eigenvalue weighted by molar-refractivity contribution is -0.139. The molecule has 0 radical (unpaired) electrons. The predicted octanol–water partition coefficient (Wildman–Crippen LogP) is 3.17. The number of likely N-dealkylation sites (tertiary alicyclic amines) is 1. The second kappa shape index (κ2) is 8.15. The van der Waals surface area contributed by atoms with Crippen LogP contribution in [0.3, 0.4) is 0 Å². The van der Waals surface area contributed by atoms with Gasteiger partial charge < -0.3 is 16.0 Å². The van der Waals surface area contributed by atoms with E-state index in [0.29, 0.717) is 38.0 Å². The van der Waals surface area contributed by atoms with E-state index in [1.807, 2.05) is 6.92 Å². The minimum absolute atomic E-state index is 0.0311. The van der Waals surface area contributed by atoms with Gasteiger partial charge in [-0.1, -0.05) is 24.9 Å². The molecule has 0 bridgehead atoms. The van der Waals surface area contributed by atoms with E-state index in [2.05, 4.69) is 5.32 Å². The number of anilines is 1. The summed E-state index contributed by atoms with van der Waals surface area (Å²) in [4.78, 5) is 26.6. The summed E-state index contributed by atoms with van der Waals surface area (Å²) in [5, 5.41) is 2.72. The molecule has 2 rings (SSSR count). The molecule has 3 N–H and O–H groups in total. The van der Waals surface area contributed by atoms with Crippen LogP contribution in [0.1, 0.15) is 39.5 Å². The zero-order chi connectivity index (χ0) is 18.6. The highest BCUT2D eigenvalue weighted by Crippen LogP contribution is 2.24. The molecule has 0 aromatic heterocycles. The molecule has 25 heavy (non-hydrogen) atoms. The Morgan fingerprint density at radius 2 is 2.04 bits per heavy atom. The standard InChI is InChI=1S/C18H25ClFN3O2/c1-3-8-18(2,21)17(25)23-9-6-12(7-10-23)16(24)22-13-4-5-15(20)14(19)11-13/h4-5,11-12H,3,6-10,21H2,1-2H3,(H,22,24). The van der Waals surface area contributed by atoms with Gasteiger partial charge in [0, 0.05) is 24.7 Å². The monoisotopic (exact) mass is 369 g/mol. The van der Waals surface area contributed by atoms with Gasteiger partial charge in [0.05, 0.1) is 10.6 Å². The zero-order valence-electron chi connectivity index (χ0n) is 14.6. The van der Waals surface area contributed by atoms with Crippen LogP contribution in [0.5, 0.6) is 0 Å². The van der Waals surface area contributed by atoms with Gasteiger partial charge in [0.15, 0.2) is 0 Å². The number of amides is 2. The SMILES string of the molecule is CCCC(C)(N)C(=O)N1CCC(C(=O)Nc2ccc(F)c(Cl)c2)CC1. The fraction of sp³-hybridized carbons (Fsp3) is 0.556. The Labute approximate surface area is 152 Å². The summed E-state index contributed by atoms with van der Waals surface area (Å²) in [7, 11) is 0. The van der Waals surface area contributed by atoms with Crippen LogP contribution in [-0.2, 0) is 9.59 Å². The van der Waals surface area contributed by atoms with Crippen molar-refractivity contribution >= 4 is 29.1 Å². The first kappa shape index (κ1) is 19.7. The highest BCUT2D eigenvalue weighted by molar-refractivity contribution is 6.31. The van der Waals surface area contributed by atoms with E-state index in [9.17, 15) is 14.0 Å². The van der Waals surface area contributed by atoms with Gasteiger partial charge >= 0.3 is 0 Å². The molecule has 1 aliphatic heterocycles. The van der Waals surface area contributed by atoms with Crippen molar-refractivity contribution in [2.75, 3.05) is 18.4 Å². The third-order valence-electron chi connectivity index (χ3n) is 4.60. The number of benzene rings is 1. The van der Waals surface area contributed by atoms with Crippen molar-refractivity contribution in [2.45, 2.75) is 45.1 Å². The fourth-order valence-electron chi connectivity index (χ4n) is 3.15. The van der Waals surface area contributed by atoms with Crippen LogP contribution in [0.4, 0.5) is 10.1 Å². The summed E-state index contributed by atoms with van der Waals surface area (Å²) in [5.74, 6) is -0.913. The number of carbonyl (C=O) groups is 2. The lowest BCUT2D eigenvalue weighted by Gasteiger charge is -2.36. The van der Waals surface area contributed by atoms with Crippen molar-refractivity contribution in [3.05, 3.63) is 29.0 Å². The number of hydrogen-bond donors (Lipinski definition) is 2. The van der Waals surface area contributed by atoms with Crippen molar-refractivity contribution in [1.29, 1.82) is 0 Å². The van der Waals surface area contributed by atoms with Crippen molar-refractivity contribution in [3.63, 3.8) is 0 Å². The molecule has 7 heteroatoms. The van der Waals surface area contributed by atoms with Gasteiger partial charge in [-0.15, -0.1) is 0 Å². The van der Waals surface area contributed by atoms with E-state index in [-0.39, 0.29) is 22.8 Å². The number of nitrogens with one attached hydrogen (secondary N) is 1. The summed E-state index contributed by atoms with van der Waals surface area (Å²) >= 11 is 5.72. The maximum atomic E-state index is 13.2. The van der Waals surface area contributed by atoms with Gasteiger partial charge in [0.2, 0.25) is 11.8 Å². The number of rotatable bonds is 5. The van der Waals surface area contributed by atoms with Gasteiger partial charge in [-0.25, -0.2) is 4.39 Å². The molecule has 0 saturated carbocycles. The second-order valence-corrected chi connectivity index (χ2v) is 7.26. The molecular weight excluding hydrogens is 345 g/mol. The van der Waals surface area contributed by atoms with Crippen LogP contribution >= 0.6 is 11.6 Å². The lowest BCUT2D eigenvalue weighted by atomic mass is 9.91. The average molecular weight is 370 g/mol. The molecule has 1 atom stereocenters. The Morgan fingerprint density at radius 1 is 1.40 bits per heavy atom. The van der Waals surface area contributed by atoms with Crippen LogP contribution in [0.15, 0.2) is 18.2 Å². The highest BCUT2D eigenvalue weighted by Gasteiger charge is 2.35. The normalized spacial score (nSPS) is 17.9. The van der Waals surface area contributed by atoms with E-state index in [4.69, 9.17) is 17.3 Å². The number of piperidine rings is 1. The van der Waals surface area contributed by atoms with Crippen molar-refractivity contribution in [2.24, 2.45) is 11.7 Å². The van der Waals surface area contributed by atoms with E-state index in [0.717, 1.165) is 6.42 Å². The molecule has 2 amide bonds. The predicted molar refractivity (Wildman–Crippen MR) is 96.8 cm³/mol. The third kappa shape index (κ3) is 4.92. The fourth-order valence-corrected chi connectivity index (χ4v) is 3.33. The van der Waals surface area contributed by atoms with Crippen molar-refractivity contribution in [3.8, 4) is 0 Å². The number of hydrogen-bond acceptors (Lipinski definition) is 3. The minimum Gasteiger partial charge on any atom is -0.341 e. The Bertz CT molecular complexity index is 643. The van der Waals surface area contributed by atoms with Gasteiger partial charge in [0.1, 0.15) is 5.82 Å². The summed E-state index contributed by atoms with van der Waals surface area (Å²) < 4.78 is 13.2. The zero-order valence-corrected chi connectivity index (χ0v) is 15.4. The molecule has 1 heterocycles. The summed E-state index contributed by atoms with van der Waals surface area (Å²) in [6.07, 6.45) is 2.64. The van der Waals surface area contributed by atoms with Crippen LogP contribution in [0.2, 0.25) is 5.02 Å². The van der Waals surface area contributed by atoms with Gasteiger partial charge in [-0.05, 0) is 44.4 Å². The van der Waals surface area contributed by atoms with Gasteiger partial charge in [-0.3, -0.25) is 9.59 Å². The Hall–Kier alpha value is -1.66. The summed E-state index contributed by atoms with van der Waals surface area (Å²) in [5.41, 5.74) is 5.72. The number of nitrogens with zero attached hydrogens (tertiary/aromatic N) is 1. The Kier molecular flexibility index (Phi) is 6.41. The highest BCUT2D eigenvalue weighted by atomic mass is 35.5. The third-order valence-corrected chi connectivity index (χ3v) is 4.89. The molecule has 1 aromatic carbocycles. The average Bonchev–Trinajstić information content (AvgIpc) is 2.57. The van der Waals surface area contributed by atoms with E-state index < -0.39 is 11.4 Å². The van der Waals surface area contributed by atoms with Gasteiger partial charge in [-0.2, -0.15) is 0 Å². The molecule has 0 aliphatic carbocycles. The maximum Gasteiger partial charge on any atom is 0.242 e. The van der Waals surface area contributed by atoms with E-state index >= 15 is 0 Å². The number of carbonyl (C=O) groups excluding carboxylic acids is 2. The first-order valence-electron chi connectivity index (χ1n) is 8.58. The molecule has 1 aromatic rings. The topological polar surface area (TPSA) is 75.4 Å². The van der Waals surface area contributed by atoms with Crippen molar-refractivity contribution in [1.82, 2.24) is 4.90 Å². The first-order valence-corrected chi connectivity index (χ1v) is 8.96. The maximum absolute atomic E-state index is 13.2. The molecular formula is C18H25ClFN3O2. The summed E-state index contributed by atoms with van der Waals surface area (Å²) in [6, 6.07) is 4.08. The second-order valence-electron chi connectivity index (χ2n) is 6.85. The molecule has 1 unspecified atom stereocenters. The van der Waals surface area contributed by atoms with Crippen LogP contribution in [0, 0.1) is 11.7 Å². The van der Waals surface area contributed by atoms with Crippen LogP contribution in [0.25, 0.3) is 0 Å². The Balaban J connectivity index is 1.89. The molecule has 1 aliphatic rings. The first-order chi connectivity index (χ1) is 11.7. The largest absolute Gasteiger partial charge is 0.341 e. The smallest absolute Gasteiger partial charge is 0.242 e. The number of nitrogens with two attached hydrogens (primary N) is 1. The molecule has 5 nitrogen and oxygen atoms in total. The molecule has 1 fully saturated rings. The van der Waals surface area contributed by atoms with Crippen LogP contribution in [-0.4, -0.2) is 35.3 Å². The van der Waals surface area contributed by atoms with Crippen molar-refractivity contribution < 1.29 is 14.0 Å². The lowest BCUT2D eigenvalue weighted by Crippen LogP contribution is -2.55. The van der Waals surface area contributed by atoms with E-state index in [1.165, 1.54) is 18.2 Å². The Morgan fingerprint density at radius 3 is 2.60 bits per heavy atom. The number of halogens is 2. The quantitative estimate of drug-likeness (QED) is 0.837. The minimum atomic E-state index is -0.852. The van der Waals surface area contributed by atoms with Crippen LogP contribution < -0.4 is 11.1 Å². The molecule has 0 spiro atoms. The molecule has 138 valence electrons. The summed E-state index contributed by atoms with van der Waals surface area (Å²) in [6.45, 7) is 4.78. The van der Waals surface area contributed by atoms with E-state index in [1.54, 1.807) is 11.8 Å². The van der Waals surface area contributed by atoms with Gasteiger partial charge in [0.25, 0.3) is 0 Å².